The van der Waals surface area contributed by atoms with Crippen LogP contribution in [0.3, 0.4) is 0 Å². The molecule has 1 atom stereocenters. The highest BCUT2D eigenvalue weighted by atomic mass is 14.9. The second-order valence-electron chi connectivity index (χ2n) is 4.47. The van der Waals surface area contributed by atoms with E-state index < -0.39 is 0 Å². The lowest BCUT2D eigenvalue weighted by atomic mass is 9.99. The predicted octanol–water partition coefficient (Wildman–Crippen LogP) is 2.02. The lowest BCUT2D eigenvalue weighted by molar-refractivity contribution is 0.740. The molecule has 2 heterocycles. The summed E-state index contributed by atoms with van der Waals surface area (Å²) in [5.74, 6) is 0.548. The second kappa shape index (κ2) is 3.83. The summed E-state index contributed by atoms with van der Waals surface area (Å²) in [6, 6.07) is 6.38. The summed E-state index contributed by atoms with van der Waals surface area (Å²) in [4.78, 5) is 8.80. The SMILES string of the molecule is Cc1ccc2ncnc(C3CCNC3)c2c1. The highest BCUT2D eigenvalue weighted by Gasteiger charge is 2.20. The molecule has 1 N–H and O–H groups in total. The van der Waals surface area contributed by atoms with Crippen molar-refractivity contribution in [2.75, 3.05) is 13.1 Å². The average Bonchev–Trinajstić information content (AvgIpc) is 2.81. The monoisotopic (exact) mass is 213 g/mol. The van der Waals surface area contributed by atoms with Crippen LogP contribution >= 0.6 is 0 Å². The van der Waals surface area contributed by atoms with Gasteiger partial charge in [-0.1, -0.05) is 11.6 Å². The molecule has 0 spiro atoms. The lowest BCUT2D eigenvalue weighted by Gasteiger charge is -2.10. The molecule has 2 aromatic rings. The maximum atomic E-state index is 4.48. The molecule has 0 radical (unpaired) electrons. The molecular formula is C13H15N3. The summed E-state index contributed by atoms with van der Waals surface area (Å²) in [6.45, 7) is 4.26. The standard InChI is InChI=1S/C13H15N3/c1-9-2-3-12-11(6-9)13(16-8-15-12)10-4-5-14-7-10/h2-3,6,8,10,14H,4-5,7H2,1H3. The molecule has 82 valence electrons. The molecule has 0 bridgehead atoms. The van der Waals surface area contributed by atoms with Gasteiger partial charge in [-0.05, 0) is 32.0 Å². The Morgan fingerprint density at radius 1 is 1.31 bits per heavy atom. The Labute approximate surface area is 94.9 Å². The van der Waals surface area contributed by atoms with Gasteiger partial charge < -0.3 is 5.32 Å². The van der Waals surface area contributed by atoms with E-state index in [2.05, 4.69) is 40.4 Å². The summed E-state index contributed by atoms with van der Waals surface area (Å²) >= 11 is 0. The normalized spacial score (nSPS) is 20.4. The van der Waals surface area contributed by atoms with Crippen molar-refractivity contribution in [2.24, 2.45) is 0 Å². The molecule has 1 aromatic carbocycles. The minimum Gasteiger partial charge on any atom is -0.316 e. The van der Waals surface area contributed by atoms with Crippen LogP contribution in [0.25, 0.3) is 10.9 Å². The minimum atomic E-state index is 0.548. The molecule has 1 aliphatic rings. The maximum absolute atomic E-state index is 4.48. The number of nitrogens with zero attached hydrogens (tertiary/aromatic N) is 2. The van der Waals surface area contributed by atoms with Crippen LogP contribution in [-0.4, -0.2) is 23.1 Å². The first-order valence-electron chi connectivity index (χ1n) is 5.76. The Bertz CT molecular complexity index is 516. The molecule has 0 amide bonds. The highest BCUT2D eigenvalue weighted by molar-refractivity contribution is 5.81. The van der Waals surface area contributed by atoms with Crippen molar-refractivity contribution in [3.05, 3.63) is 35.8 Å². The first-order valence-corrected chi connectivity index (χ1v) is 5.76. The van der Waals surface area contributed by atoms with Crippen molar-refractivity contribution in [1.29, 1.82) is 0 Å². The summed E-state index contributed by atoms with van der Waals surface area (Å²) in [7, 11) is 0. The van der Waals surface area contributed by atoms with E-state index in [1.165, 1.54) is 23.1 Å². The van der Waals surface area contributed by atoms with E-state index in [1.54, 1.807) is 6.33 Å². The van der Waals surface area contributed by atoms with Crippen molar-refractivity contribution in [3.8, 4) is 0 Å². The van der Waals surface area contributed by atoms with E-state index in [9.17, 15) is 0 Å². The fraction of sp³-hybridized carbons (Fsp3) is 0.385. The predicted molar refractivity (Wildman–Crippen MR) is 64.5 cm³/mol. The van der Waals surface area contributed by atoms with Crippen molar-refractivity contribution < 1.29 is 0 Å². The second-order valence-corrected chi connectivity index (χ2v) is 4.47. The van der Waals surface area contributed by atoms with Crippen LogP contribution in [0.1, 0.15) is 23.6 Å². The summed E-state index contributed by atoms with van der Waals surface area (Å²) < 4.78 is 0. The Morgan fingerprint density at radius 3 is 3.06 bits per heavy atom. The zero-order chi connectivity index (χ0) is 11.0. The van der Waals surface area contributed by atoms with Gasteiger partial charge in [-0.15, -0.1) is 0 Å². The van der Waals surface area contributed by atoms with Gasteiger partial charge in [0.1, 0.15) is 6.33 Å². The summed E-state index contributed by atoms with van der Waals surface area (Å²) in [5.41, 5.74) is 3.54. The Morgan fingerprint density at radius 2 is 2.25 bits per heavy atom. The average molecular weight is 213 g/mol. The maximum Gasteiger partial charge on any atom is 0.116 e. The molecule has 1 unspecified atom stereocenters. The molecule has 0 saturated carbocycles. The fourth-order valence-electron chi connectivity index (χ4n) is 2.40. The summed E-state index contributed by atoms with van der Waals surface area (Å²) in [6.07, 6.45) is 2.87. The third kappa shape index (κ3) is 1.57. The van der Waals surface area contributed by atoms with Gasteiger partial charge in [0.25, 0.3) is 0 Å². The Balaban J connectivity index is 2.18. The fourth-order valence-corrected chi connectivity index (χ4v) is 2.40. The van der Waals surface area contributed by atoms with Crippen molar-refractivity contribution in [3.63, 3.8) is 0 Å². The molecule has 1 fully saturated rings. The van der Waals surface area contributed by atoms with Crippen LogP contribution in [0.5, 0.6) is 0 Å². The number of fused-ring (bicyclic) bond motifs is 1. The van der Waals surface area contributed by atoms with E-state index in [1.807, 2.05) is 0 Å². The van der Waals surface area contributed by atoms with Crippen LogP contribution in [0.15, 0.2) is 24.5 Å². The molecule has 1 aliphatic heterocycles. The van der Waals surface area contributed by atoms with Gasteiger partial charge >= 0.3 is 0 Å². The van der Waals surface area contributed by atoms with Crippen LogP contribution in [0.4, 0.5) is 0 Å². The first kappa shape index (κ1) is 9.73. The zero-order valence-corrected chi connectivity index (χ0v) is 9.40. The van der Waals surface area contributed by atoms with E-state index in [0.717, 1.165) is 18.6 Å². The van der Waals surface area contributed by atoms with E-state index in [4.69, 9.17) is 0 Å². The molecule has 3 rings (SSSR count). The Kier molecular flexibility index (Phi) is 2.33. The number of aryl methyl sites for hydroxylation is 1. The minimum absolute atomic E-state index is 0.548. The van der Waals surface area contributed by atoms with E-state index >= 15 is 0 Å². The van der Waals surface area contributed by atoms with Crippen LogP contribution in [0, 0.1) is 6.92 Å². The number of nitrogens with one attached hydrogen (secondary N) is 1. The van der Waals surface area contributed by atoms with Crippen LogP contribution < -0.4 is 5.32 Å². The topological polar surface area (TPSA) is 37.8 Å². The van der Waals surface area contributed by atoms with Gasteiger partial charge in [-0.3, -0.25) is 0 Å². The summed E-state index contributed by atoms with van der Waals surface area (Å²) in [5, 5.41) is 4.61. The molecule has 16 heavy (non-hydrogen) atoms. The number of benzene rings is 1. The third-order valence-electron chi connectivity index (χ3n) is 3.27. The first-order chi connectivity index (χ1) is 7.84. The molecule has 1 saturated heterocycles. The largest absolute Gasteiger partial charge is 0.316 e. The molecular weight excluding hydrogens is 198 g/mol. The lowest BCUT2D eigenvalue weighted by Crippen LogP contribution is -2.09. The zero-order valence-electron chi connectivity index (χ0n) is 9.40. The third-order valence-corrected chi connectivity index (χ3v) is 3.27. The van der Waals surface area contributed by atoms with Gasteiger partial charge in [0, 0.05) is 17.8 Å². The number of rotatable bonds is 1. The van der Waals surface area contributed by atoms with Crippen molar-refractivity contribution in [1.82, 2.24) is 15.3 Å². The smallest absolute Gasteiger partial charge is 0.116 e. The van der Waals surface area contributed by atoms with Gasteiger partial charge in [-0.2, -0.15) is 0 Å². The van der Waals surface area contributed by atoms with Gasteiger partial charge in [0.2, 0.25) is 0 Å². The number of aromatic nitrogens is 2. The van der Waals surface area contributed by atoms with Crippen molar-refractivity contribution in [2.45, 2.75) is 19.3 Å². The number of hydrogen-bond donors (Lipinski definition) is 1. The quantitative estimate of drug-likeness (QED) is 0.787. The number of hydrogen-bond acceptors (Lipinski definition) is 3. The molecule has 1 aromatic heterocycles. The van der Waals surface area contributed by atoms with E-state index in [0.29, 0.717) is 5.92 Å². The molecule has 3 nitrogen and oxygen atoms in total. The van der Waals surface area contributed by atoms with Crippen molar-refractivity contribution >= 4 is 10.9 Å². The van der Waals surface area contributed by atoms with Gasteiger partial charge in [-0.25, -0.2) is 9.97 Å². The van der Waals surface area contributed by atoms with E-state index in [-0.39, 0.29) is 0 Å². The highest BCUT2D eigenvalue weighted by Crippen LogP contribution is 2.27. The molecule has 3 heteroatoms. The van der Waals surface area contributed by atoms with Crippen LogP contribution in [0.2, 0.25) is 0 Å². The Hall–Kier alpha value is -1.48. The molecule has 0 aliphatic carbocycles. The van der Waals surface area contributed by atoms with Gasteiger partial charge in [0.15, 0.2) is 0 Å². The van der Waals surface area contributed by atoms with Gasteiger partial charge in [0.05, 0.1) is 11.2 Å². The van der Waals surface area contributed by atoms with Crippen LogP contribution in [-0.2, 0) is 0 Å².